The van der Waals surface area contributed by atoms with E-state index in [9.17, 15) is 19.5 Å². The minimum atomic E-state index is -1.35. The number of nitrogens with zero attached hydrogens (tertiary/aromatic N) is 3. The van der Waals surface area contributed by atoms with Crippen LogP contribution in [0.4, 0.5) is 31.3 Å². The van der Waals surface area contributed by atoms with Gasteiger partial charge in [0.1, 0.15) is 22.6 Å². The highest BCUT2D eigenvalue weighted by Gasteiger charge is 2.42. The van der Waals surface area contributed by atoms with Crippen molar-refractivity contribution >= 4 is 46.4 Å². The Hall–Kier alpha value is -4.48. The van der Waals surface area contributed by atoms with Crippen LogP contribution in [0.15, 0.2) is 36.5 Å². The lowest BCUT2D eigenvalue weighted by atomic mass is 9.89. The van der Waals surface area contributed by atoms with Crippen LogP contribution in [0.1, 0.15) is 83.1 Å². The summed E-state index contributed by atoms with van der Waals surface area (Å²) < 4.78 is 26.9. The van der Waals surface area contributed by atoms with E-state index in [1.807, 2.05) is 24.3 Å². The quantitative estimate of drug-likeness (QED) is 0.258. The fourth-order valence-corrected chi connectivity index (χ4v) is 5.14. The second-order valence-corrected chi connectivity index (χ2v) is 12.9. The molecule has 1 saturated carbocycles. The average molecular weight is 610 g/mol. The van der Waals surface area contributed by atoms with Crippen molar-refractivity contribution in [3.8, 4) is 0 Å². The Morgan fingerprint density at radius 3 is 2.20 bits per heavy atom. The fourth-order valence-electron chi connectivity index (χ4n) is 5.14. The van der Waals surface area contributed by atoms with Crippen molar-refractivity contribution in [1.82, 2.24) is 14.9 Å². The molecule has 0 radical (unpaired) electrons. The van der Waals surface area contributed by atoms with E-state index in [1.165, 1.54) is 13.1 Å². The molecule has 44 heavy (non-hydrogen) atoms. The number of hydrogen-bond donors (Lipinski definition) is 3. The van der Waals surface area contributed by atoms with Gasteiger partial charge in [-0.15, -0.1) is 0 Å². The number of nitrogens with one attached hydrogen (secondary N) is 2. The predicted molar refractivity (Wildman–Crippen MR) is 165 cm³/mol. The largest absolute Gasteiger partial charge is 0.478 e. The fraction of sp³-hybridized carbons (Fsp3) is 0.469. The highest BCUT2D eigenvalue weighted by molar-refractivity contribution is 5.96. The number of rotatable bonds is 6. The third kappa shape index (κ3) is 7.72. The van der Waals surface area contributed by atoms with E-state index < -0.39 is 47.3 Å². The Labute approximate surface area is 256 Å². The van der Waals surface area contributed by atoms with Crippen molar-refractivity contribution < 1.29 is 33.4 Å². The molecule has 11 nitrogen and oxygen atoms in total. The van der Waals surface area contributed by atoms with Gasteiger partial charge in [0.15, 0.2) is 11.6 Å². The molecule has 0 spiro atoms. The maximum Gasteiger partial charge on any atom is 0.420 e. The van der Waals surface area contributed by atoms with Gasteiger partial charge in [-0.3, -0.25) is 4.98 Å². The number of aromatic nitrogens is 2. The van der Waals surface area contributed by atoms with Crippen LogP contribution in [0, 0.1) is 12.7 Å². The molecule has 12 heteroatoms. The van der Waals surface area contributed by atoms with Crippen molar-refractivity contribution in [2.45, 2.75) is 97.4 Å². The highest BCUT2D eigenvalue weighted by Crippen LogP contribution is 2.33. The number of halogens is 1. The molecule has 0 saturated heterocycles. The maximum atomic E-state index is 15.8. The zero-order valence-electron chi connectivity index (χ0n) is 26.2. The molecular formula is C32H40FN5O6. The number of anilines is 3. The number of amides is 2. The molecule has 1 aliphatic carbocycles. The molecule has 3 N–H and O–H groups in total. The first kappa shape index (κ1) is 32.4. The number of ether oxygens (including phenoxy) is 2. The standard InChI is InChI=1S/C32H40FN5O6/c1-18-24(28(39)40)26(35-20-16-19-12-8-9-13-21(19)34-17-20)37-27(25(18)33)36-22-14-10-11-15-23(22)38(29(41)43-31(2,3)4)30(42)44-32(5,6)7/h8-9,12-13,16-17,22-23H,10-11,14-15H2,1-7H3,(H,39,40)(H2,35,36,37). The number of para-hydroxylation sites is 1. The van der Waals surface area contributed by atoms with Crippen LogP contribution >= 0.6 is 0 Å². The van der Waals surface area contributed by atoms with Gasteiger partial charge in [0.2, 0.25) is 0 Å². The van der Waals surface area contributed by atoms with Crippen LogP contribution in [0.3, 0.4) is 0 Å². The molecule has 2 amide bonds. The number of aromatic carboxylic acids is 1. The number of fused-ring (bicyclic) bond motifs is 1. The number of carbonyl (C=O) groups is 3. The van der Waals surface area contributed by atoms with Crippen LogP contribution in [-0.2, 0) is 9.47 Å². The zero-order valence-corrected chi connectivity index (χ0v) is 26.2. The lowest BCUT2D eigenvalue weighted by Crippen LogP contribution is -2.56. The number of carboxylic acids is 1. The van der Waals surface area contributed by atoms with Crippen LogP contribution < -0.4 is 10.6 Å². The number of carbonyl (C=O) groups excluding carboxylic acids is 2. The highest BCUT2D eigenvalue weighted by atomic mass is 19.1. The van der Waals surface area contributed by atoms with Gasteiger partial charge in [0, 0.05) is 17.0 Å². The minimum Gasteiger partial charge on any atom is -0.478 e. The average Bonchev–Trinajstić information content (AvgIpc) is 2.90. The normalized spacial score (nSPS) is 17.1. The van der Waals surface area contributed by atoms with E-state index in [4.69, 9.17) is 9.47 Å². The SMILES string of the molecule is Cc1c(F)c(NC2CCCCC2N(C(=O)OC(C)(C)C)C(=O)OC(C)(C)C)nc(Nc2cnc3ccccc3c2)c1C(=O)O. The van der Waals surface area contributed by atoms with Gasteiger partial charge in [-0.25, -0.2) is 28.7 Å². The topological polar surface area (TPSA) is 143 Å². The maximum absolute atomic E-state index is 15.8. The Bertz CT molecular complexity index is 1540. The Morgan fingerprint density at radius 1 is 0.977 bits per heavy atom. The summed E-state index contributed by atoms with van der Waals surface area (Å²) in [6.07, 6.45) is 2.14. The Morgan fingerprint density at radius 2 is 1.59 bits per heavy atom. The summed E-state index contributed by atoms with van der Waals surface area (Å²) in [7, 11) is 0. The number of imide groups is 1. The van der Waals surface area contributed by atoms with Crippen LogP contribution in [-0.4, -0.2) is 61.4 Å². The number of benzene rings is 1. The summed E-state index contributed by atoms with van der Waals surface area (Å²) in [5, 5.41) is 16.9. The first-order chi connectivity index (χ1) is 20.5. The van der Waals surface area contributed by atoms with Crippen molar-refractivity contribution in [3.63, 3.8) is 0 Å². The van der Waals surface area contributed by atoms with Gasteiger partial charge < -0.3 is 25.2 Å². The molecule has 1 fully saturated rings. The van der Waals surface area contributed by atoms with E-state index in [-0.39, 0.29) is 22.8 Å². The number of pyridine rings is 2. The summed E-state index contributed by atoms with van der Waals surface area (Å²) in [5.41, 5.74) is -1.01. The predicted octanol–water partition coefficient (Wildman–Crippen LogP) is 7.41. The first-order valence-electron chi connectivity index (χ1n) is 14.6. The summed E-state index contributed by atoms with van der Waals surface area (Å²) in [5.74, 6) is -2.50. The molecule has 2 heterocycles. The van der Waals surface area contributed by atoms with E-state index in [0.717, 1.165) is 22.2 Å². The minimum absolute atomic E-state index is 0.0838. The van der Waals surface area contributed by atoms with Crippen molar-refractivity contribution in [2.75, 3.05) is 10.6 Å². The van der Waals surface area contributed by atoms with Gasteiger partial charge in [0.05, 0.1) is 23.4 Å². The van der Waals surface area contributed by atoms with Crippen LogP contribution in [0.2, 0.25) is 0 Å². The Kier molecular flexibility index (Phi) is 9.31. The van der Waals surface area contributed by atoms with Gasteiger partial charge >= 0.3 is 18.2 Å². The first-order valence-corrected chi connectivity index (χ1v) is 14.6. The summed E-state index contributed by atoms with van der Waals surface area (Å²) in [6.45, 7) is 11.5. The van der Waals surface area contributed by atoms with Gasteiger partial charge in [-0.1, -0.05) is 31.0 Å². The molecule has 1 aliphatic rings. The van der Waals surface area contributed by atoms with Crippen LogP contribution in [0.25, 0.3) is 10.9 Å². The van der Waals surface area contributed by atoms with Gasteiger partial charge in [-0.05, 0) is 73.4 Å². The van der Waals surface area contributed by atoms with Crippen molar-refractivity contribution in [3.05, 3.63) is 53.5 Å². The molecular weight excluding hydrogens is 569 g/mol. The zero-order chi connectivity index (χ0) is 32.4. The second-order valence-electron chi connectivity index (χ2n) is 12.9. The van der Waals surface area contributed by atoms with E-state index in [0.29, 0.717) is 24.9 Å². The molecule has 236 valence electrons. The van der Waals surface area contributed by atoms with Crippen molar-refractivity contribution in [1.29, 1.82) is 0 Å². The van der Waals surface area contributed by atoms with Gasteiger partial charge in [-0.2, -0.15) is 0 Å². The molecule has 4 rings (SSSR count). The molecule has 2 unspecified atom stereocenters. The molecule has 0 aliphatic heterocycles. The van der Waals surface area contributed by atoms with E-state index in [2.05, 4.69) is 20.6 Å². The smallest absolute Gasteiger partial charge is 0.420 e. The Balaban J connectivity index is 1.72. The second kappa shape index (κ2) is 12.6. The lowest BCUT2D eigenvalue weighted by Gasteiger charge is -2.40. The van der Waals surface area contributed by atoms with E-state index in [1.54, 1.807) is 47.6 Å². The molecule has 2 aromatic heterocycles. The third-order valence-corrected chi connectivity index (χ3v) is 7.00. The van der Waals surface area contributed by atoms with Crippen LogP contribution in [0.5, 0.6) is 0 Å². The summed E-state index contributed by atoms with van der Waals surface area (Å²) in [4.78, 5) is 48.7. The molecule has 2 atom stereocenters. The van der Waals surface area contributed by atoms with Crippen molar-refractivity contribution in [2.24, 2.45) is 0 Å². The number of hydrogen-bond acceptors (Lipinski definition) is 9. The lowest BCUT2D eigenvalue weighted by molar-refractivity contribution is -0.0119. The summed E-state index contributed by atoms with van der Waals surface area (Å²) >= 11 is 0. The molecule has 1 aromatic carbocycles. The monoisotopic (exact) mass is 609 g/mol. The summed E-state index contributed by atoms with van der Waals surface area (Å²) in [6, 6.07) is 7.84. The third-order valence-electron chi connectivity index (χ3n) is 7.00. The molecule has 0 bridgehead atoms. The number of carboxylic acid groups (broad SMARTS) is 1. The molecule has 3 aromatic rings. The van der Waals surface area contributed by atoms with E-state index >= 15 is 4.39 Å². The van der Waals surface area contributed by atoms with Gasteiger partial charge in [0.25, 0.3) is 0 Å².